The summed E-state index contributed by atoms with van der Waals surface area (Å²) in [5.74, 6) is 0.289. The third-order valence-corrected chi connectivity index (χ3v) is 5.29. The van der Waals surface area contributed by atoms with Crippen molar-refractivity contribution in [2.24, 2.45) is 7.05 Å². The molecule has 0 unspecified atom stereocenters. The van der Waals surface area contributed by atoms with Crippen LogP contribution in [-0.2, 0) is 21.8 Å². The van der Waals surface area contributed by atoms with Gasteiger partial charge in [0.15, 0.2) is 0 Å². The Morgan fingerprint density at radius 2 is 2.29 bits per heavy atom. The van der Waals surface area contributed by atoms with Gasteiger partial charge in [-0.3, -0.25) is 9.67 Å². The van der Waals surface area contributed by atoms with E-state index in [9.17, 15) is 8.42 Å². The molecule has 0 spiro atoms. The minimum absolute atomic E-state index is 0.0312. The van der Waals surface area contributed by atoms with Gasteiger partial charge in [-0.1, -0.05) is 0 Å². The van der Waals surface area contributed by atoms with Gasteiger partial charge in [-0.25, -0.2) is 13.1 Å². The highest BCUT2D eigenvalue weighted by Gasteiger charge is 2.35. The summed E-state index contributed by atoms with van der Waals surface area (Å²) in [4.78, 5) is 3.94. The van der Waals surface area contributed by atoms with Crippen LogP contribution in [0.3, 0.4) is 0 Å². The van der Waals surface area contributed by atoms with E-state index in [1.165, 1.54) is 12.4 Å². The number of aryl methyl sites for hydroxylation is 1. The first-order chi connectivity index (χ1) is 11.5. The predicted molar refractivity (Wildman–Crippen MR) is 86.0 cm³/mol. The maximum atomic E-state index is 12.8. The van der Waals surface area contributed by atoms with Crippen molar-refractivity contribution < 1.29 is 17.9 Å². The quantitative estimate of drug-likeness (QED) is 0.834. The number of rotatable bonds is 6. The van der Waals surface area contributed by atoms with Crippen LogP contribution in [0, 0.1) is 0 Å². The van der Waals surface area contributed by atoms with Gasteiger partial charge in [-0.15, -0.1) is 0 Å². The average molecular weight is 352 g/mol. The lowest BCUT2D eigenvalue weighted by Crippen LogP contribution is -2.37. The van der Waals surface area contributed by atoms with Gasteiger partial charge in [-0.2, -0.15) is 5.10 Å². The van der Waals surface area contributed by atoms with Crippen molar-refractivity contribution in [1.82, 2.24) is 19.5 Å². The molecule has 3 rings (SSSR count). The Bertz CT molecular complexity index is 805. The maximum Gasteiger partial charge on any atom is 0.246 e. The smallest absolute Gasteiger partial charge is 0.246 e. The summed E-state index contributed by atoms with van der Waals surface area (Å²) in [5.41, 5.74) is 0.846. The molecule has 0 aromatic carbocycles. The normalized spacial score (nSPS) is 21.1. The zero-order valence-corrected chi connectivity index (χ0v) is 14.4. The van der Waals surface area contributed by atoms with Crippen molar-refractivity contribution in [3.8, 4) is 5.75 Å². The molecule has 0 saturated carbocycles. The molecule has 0 radical (unpaired) electrons. The maximum absolute atomic E-state index is 12.8. The van der Waals surface area contributed by atoms with Crippen LogP contribution in [0.5, 0.6) is 5.75 Å². The first-order valence-corrected chi connectivity index (χ1v) is 9.19. The molecule has 0 aliphatic carbocycles. The minimum Gasteiger partial charge on any atom is -0.492 e. The molecule has 3 heterocycles. The highest BCUT2D eigenvalue weighted by atomic mass is 32.2. The molecule has 0 amide bonds. The number of sulfonamides is 1. The molecule has 24 heavy (non-hydrogen) atoms. The standard InChI is InChI=1S/C15H20N4O4S/c1-3-22-13-4-6-16-9-14(13)24(20,21)18-12-5-7-23-15(12)11-8-17-19(2)10-11/h4,6,8-10,12,15,18H,3,5,7H2,1-2H3/t12-,15+/m0/s1. The fourth-order valence-corrected chi connectivity index (χ4v) is 4.09. The van der Waals surface area contributed by atoms with E-state index in [0.29, 0.717) is 19.6 Å². The van der Waals surface area contributed by atoms with Gasteiger partial charge in [0.05, 0.1) is 25.0 Å². The Morgan fingerprint density at radius 1 is 1.46 bits per heavy atom. The highest BCUT2D eigenvalue weighted by molar-refractivity contribution is 7.89. The number of nitrogens with one attached hydrogen (secondary N) is 1. The van der Waals surface area contributed by atoms with E-state index >= 15 is 0 Å². The van der Waals surface area contributed by atoms with Crippen LogP contribution >= 0.6 is 0 Å². The number of aromatic nitrogens is 3. The summed E-state index contributed by atoms with van der Waals surface area (Å²) in [7, 11) is -1.97. The lowest BCUT2D eigenvalue weighted by atomic mass is 10.1. The predicted octanol–water partition coefficient (Wildman–Crippen LogP) is 1.02. The van der Waals surface area contributed by atoms with Crippen molar-refractivity contribution in [2.75, 3.05) is 13.2 Å². The van der Waals surface area contributed by atoms with Crippen LogP contribution in [-0.4, -0.2) is 42.4 Å². The lowest BCUT2D eigenvalue weighted by molar-refractivity contribution is 0.102. The zero-order valence-electron chi connectivity index (χ0n) is 13.5. The van der Waals surface area contributed by atoms with Crippen LogP contribution in [0.15, 0.2) is 35.7 Å². The summed E-state index contributed by atoms with van der Waals surface area (Å²) < 4.78 is 41.0. The molecule has 2 atom stereocenters. The number of pyridine rings is 1. The summed E-state index contributed by atoms with van der Waals surface area (Å²) in [6.07, 6.45) is 6.53. The van der Waals surface area contributed by atoms with Crippen molar-refractivity contribution in [2.45, 2.75) is 30.4 Å². The van der Waals surface area contributed by atoms with Gasteiger partial charge in [0.1, 0.15) is 16.7 Å². The molecule has 9 heteroatoms. The van der Waals surface area contributed by atoms with Gasteiger partial charge in [0, 0.05) is 31.6 Å². The van der Waals surface area contributed by atoms with Gasteiger partial charge in [-0.05, 0) is 19.4 Å². The second-order valence-corrected chi connectivity index (χ2v) is 7.19. The van der Waals surface area contributed by atoms with Crippen molar-refractivity contribution in [1.29, 1.82) is 0 Å². The number of hydrogen-bond acceptors (Lipinski definition) is 6. The van der Waals surface area contributed by atoms with E-state index in [1.807, 2.05) is 13.2 Å². The number of nitrogens with zero attached hydrogens (tertiary/aromatic N) is 3. The van der Waals surface area contributed by atoms with E-state index in [0.717, 1.165) is 5.56 Å². The Balaban J connectivity index is 1.84. The second kappa shape index (κ2) is 6.88. The Labute approximate surface area is 140 Å². The van der Waals surface area contributed by atoms with Gasteiger partial charge < -0.3 is 9.47 Å². The number of hydrogen-bond donors (Lipinski definition) is 1. The first-order valence-electron chi connectivity index (χ1n) is 7.70. The molecular formula is C15H20N4O4S. The summed E-state index contributed by atoms with van der Waals surface area (Å²) in [5, 5.41) is 4.12. The third-order valence-electron chi connectivity index (χ3n) is 3.79. The Hall–Kier alpha value is -1.97. The molecule has 1 saturated heterocycles. The molecule has 130 valence electrons. The Morgan fingerprint density at radius 3 is 3.00 bits per heavy atom. The second-order valence-electron chi connectivity index (χ2n) is 5.51. The minimum atomic E-state index is -3.78. The average Bonchev–Trinajstić information content (AvgIpc) is 3.16. The van der Waals surface area contributed by atoms with Gasteiger partial charge in [0.25, 0.3) is 0 Å². The van der Waals surface area contributed by atoms with Crippen LogP contribution in [0.25, 0.3) is 0 Å². The molecule has 2 aromatic heterocycles. The first kappa shape index (κ1) is 16.9. The van der Waals surface area contributed by atoms with E-state index in [1.54, 1.807) is 23.9 Å². The molecule has 1 aliphatic rings. The fraction of sp³-hybridized carbons (Fsp3) is 0.467. The summed E-state index contributed by atoms with van der Waals surface area (Å²) in [6, 6.07) is 1.18. The molecule has 1 fully saturated rings. The van der Waals surface area contributed by atoms with Crippen LogP contribution in [0.4, 0.5) is 0 Å². The van der Waals surface area contributed by atoms with Gasteiger partial charge in [0.2, 0.25) is 10.0 Å². The molecule has 1 aliphatic heterocycles. The topological polar surface area (TPSA) is 95.3 Å². The monoisotopic (exact) mass is 352 g/mol. The largest absolute Gasteiger partial charge is 0.492 e. The fourth-order valence-electron chi connectivity index (χ4n) is 2.73. The third kappa shape index (κ3) is 3.42. The zero-order chi connectivity index (χ0) is 17.2. The Kier molecular flexibility index (Phi) is 4.83. The van der Waals surface area contributed by atoms with Gasteiger partial charge >= 0.3 is 0 Å². The molecule has 8 nitrogen and oxygen atoms in total. The van der Waals surface area contributed by atoms with Crippen LogP contribution in [0.1, 0.15) is 25.0 Å². The number of ether oxygens (including phenoxy) is 2. The van der Waals surface area contributed by atoms with E-state index in [-0.39, 0.29) is 22.8 Å². The molecule has 1 N–H and O–H groups in total. The van der Waals surface area contributed by atoms with Crippen LogP contribution in [0.2, 0.25) is 0 Å². The SMILES string of the molecule is CCOc1ccncc1S(=O)(=O)N[C@H]1CCO[C@@H]1c1cnn(C)c1. The van der Waals surface area contributed by atoms with E-state index in [4.69, 9.17) is 9.47 Å². The van der Waals surface area contributed by atoms with Crippen molar-refractivity contribution >= 4 is 10.0 Å². The highest BCUT2D eigenvalue weighted by Crippen LogP contribution is 2.31. The molecule has 0 bridgehead atoms. The van der Waals surface area contributed by atoms with Crippen LogP contribution < -0.4 is 9.46 Å². The summed E-state index contributed by atoms with van der Waals surface area (Å²) >= 11 is 0. The van der Waals surface area contributed by atoms with Crippen molar-refractivity contribution in [3.63, 3.8) is 0 Å². The lowest BCUT2D eigenvalue weighted by Gasteiger charge is -2.19. The van der Waals surface area contributed by atoms with E-state index in [2.05, 4.69) is 14.8 Å². The molecular weight excluding hydrogens is 332 g/mol. The summed E-state index contributed by atoms with van der Waals surface area (Å²) in [6.45, 7) is 2.66. The van der Waals surface area contributed by atoms with E-state index < -0.39 is 10.0 Å². The van der Waals surface area contributed by atoms with Crippen molar-refractivity contribution in [3.05, 3.63) is 36.4 Å². The molecule has 2 aromatic rings.